The average molecular weight is 265 g/mol. The summed E-state index contributed by atoms with van der Waals surface area (Å²) in [4.78, 5) is 15.8. The van der Waals surface area contributed by atoms with Crippen molar-refractivity contribution in [2.45, 2.75) is 39.4 Å². The SMILES string of the molecule is CC1CNc2cc(NC(=O)OC(C)(C)C)cnc2O1. The van der Waals surface area contributed by atoms with Gasteiger partial charge in [0.05, 0.1) is 24.1 Å². The lowest BCUT2D eigenvalue weighted by Gasteiger charge is -2.24. The molecule has 2 heterocycles. The van der Waals surface area contributed by atoms with Crippen molar-refractivity contribution >= 4 is 17.5 Å². The summed E-state index contributed by atoms with van der Waals surface area (Å²) in [6.07, 6.45) is 1.13. The molecule has 0 saturated heterocycles. The molecule has 2 rings (SSSR count). The topological polar surface area (TPSA) is 72.5 Å². The predicted octanol–water partition coefficient (Wildman–Crippen LogP) is 2.62. The number of nitrogens with one attached hydrogen (secondary N) is 2. The van der Waals surface area contributed by atoms with Crippen molar-refractivity contribution in [1.29, 1.82) is 0 Å². The van der Waals surface area contributed by atoms with Crippen LogP contribution in [0, 0.1) is 0 Å². The Bertz CT molecular complexity index is 483. The third-order valence-electron chi connectivity index (χ3n) is 2.39. The van der Waals surface area contributed by atoms with Gasteiger partial charge in [0.15, 0.2) is 0 Å². The van der Waals surface area contributed by atoms with Crippen molar-refractivity contribution in [3.63, 3.8) is 0 Å². The Balaban J connectivity index is 2.04. The number of nitrogens with zero attached hydrogens (tertiary/aromatic N) is 1. The minimum absolute atomic E-state index is 0.0877. The number of fused-ring (bicyclic) bond motifs is 1. The number of aromatic nitrogens is 1. The summed E-state index contributed by atoms with van der Waals surface area (Å²) in [5, 5.41) is 5.84. The first-order valence-corrected chi connectivity index (χ1v) is 6.24. The highest BCUT2D eigenvalue weighted by Crippen LogP contribution is 2.29. The van der Waals surface area contributed by atoms with Gasteiger partial charge >= 0.3 is 6.09 Å². The smallest absolute Gasteiger partial charge is 0.412 e. The zero-order valence-corrected chi connectivity index (χ0v) is 11.6. The molecule has 2 N–H and O–H groups in total. The van der Waals surface area contributed by atoms with Gasteiger partial charge in [-0.15, -0.1) is 0 Å². The van der Waals surface area contributed by atoms with E-state index in [-0.39, 0.29) is 6.10 Å². The molecule has 1 amide bonds. The molecule has 0 saturated carbocycles. The summed E-state index contributed by atoms with van der Waals surface area (Å²) in [5.41, 5.74) is 0.813. The van der Waals surface area contributed by atoms with Crippen LogP contribution < -0.4 is 15.4 Å². The second kappa shape index (κ2) is 4.95. The number of rotatable bonds is 1. The van der Waals surface area contributed by atoms with Gasteiger partial charge in [-0.05, 0) is 33.8 Å². The first-order chi connectivity index (χ1) is 8.83. The van der Waals surface area contributed by atoms with Crippen LogP contribution in [0.1, 0.15) is 27.7 Å². The van der Waals surface area contributed by atoms with E-state index in [0.29, 0.717) is 18.1 Å². The third-order valence-corrected chi connectivity index (χ3v) is 2.39. The van der Waals surface area contributed by atoms with Gasteiger partial charge in [0.1, 0.15) is 11.7 Å². The summed E-state index contributed by atoms with van der Waals surface area (Å²) in [6, 6.07) is 1.78. The fraction of sp³-hybridized carbons (Fsp3) is 0.538. The van der Waals surface area contributed by atoms with Gasteiger partial charge in [-0.25, -0.2) is 9.78 Å². The Morgan fingerprint density at radius 2 is 2.32 bits per heavy atom. The normalized spacial score (nSPS) is 17.8. The van der Waals surface area contributed by atoms with Crippen LogP contribution in [0.2, 0.25) is 0 Å². The molecule has 1 unspecified atom stereocenters. The Morgan fingerprint density at radius 1 is 1.58 bits per heavy atom. The van der Waals surface area contributed by atoms with Crippen molar-refractivity contribution in [1.82, 2.24) is 4.98 Å². The van der Waals surface area contributed by atoms with Crippen LogP contribution in [0.3, 0.4) is 0 Å². The third kappa shape index (κ3) is 3.74. The molecular formula is C13H19N3O3. The van der Waals surface area contributed by atoms with Gasteiger partial charge < -0.3 is 14.8 Å². The highest BCUT2D eigenvalue weighted by atomic mass is 16.6. The van der Waals surface area contributed by atoms with Crippen molar-refractivity contribution in [3.8, 4) is 5.88 Å². The Morgan fingerprint density at radius 3 is 3.00 bits per heavy atom. The fourth-order valence-electron chi connectivity index (χ4n) is 1.65. The van der Waals surface area contributed by atoms with E-state index in [0.717, 1.165) is 5.69 Å². The maximum atomic E-state index is 11.6. The molecule has 1 aliphatic heterocycles. The van der Waals surface area contributed by atoms with Crippen LogP contribution in [0.4, 0.5) is 16.2 Å². The van der Waals surface area contributed by atoms with Gasteiger partial charge in [-0.2, -0.15) is 0 Å². The van der Waals surface area contributed by atoms with E-state index in [9.17, 15) is 4.79 Å². The maximum absolute atomic E-state index is 11.6. The molecule has 0 aromatic carbocycles. The minimum atomic E-state index is -0.525. The number of carbonyl (C=O) groups is 1. The highest BCUT2D eigenvalue weighted by Gasteiger charge is 2.19. The Hall–Kier alpha value is -1.98. The van der Waals surface area contributed by atoms with E-state index < -0.39 is 11.7 Å². The van der Waals surface area contributed by atoms with Crippen LogP contribution >= 0.6 is 0 Å². The molecule has 19 heavy (non-hydrogen) atoms. The molecule has 0 spiro atoms. The van der Waals surface area contributed by atoms with Gasteiger partial charge in [-0.3, -0.25) is 5.32 Å². The van der Waals surface area contributed by atoms with E-state index in [1.807, 2.05) is 27.7 Å². The van der Waals surface area contributed by atoms with Crippen molar-refractivity contribution in [2.75, 3.05) is 17.2 Å². The molecule has 0 bridgehead atoms. The number of ether oxygens (including phenoxy) is 2. The zero-order valence-electron chi connectivity index (χ0n) is 11.6. The quantitative estimate of drug-likeness (QED) is 0.816. The number of pyridine rings is 1. The molecule has 6 heteroatoms. The van der Waals surface area contributed by atoms with Gasteiger partial charge in [0, 0.05) is 0 Å². The number of hydrogen-bond donors (Lipinski definition) is 2. The summed E-state index contributed by atoms with van der Waals surface area (Å²) in [7, 11) is 0. The van der Waals surface area contributed by atoms with E-state index >= 15 is 0 Å². The second-order valence-corrected chi connectivity index (χ2v) is 5.51. The molecule has 1 aliphatic rings. The number of hydrogen-bond acceptors (Lipinski definition) is 5. The molecule has 1 aromatic heterocycles. The lowest BCUT2D eigenvalue weighted by molar-refractivity contribution is 0.0636. The van der Waals surface area contributed by atoms with Crippen molar-refractivity contribution in [2.24, 2.45) is 0 Å². The van der Waals surface area contributed by atoms with Gasteiger partial charge in [-0.1, -0.05) is 0 Å². The molecule has 104 valence electrons. The second-order valence-electron chi connectivity index (χ2n) is 5.51. The van der Waals surface area contributed by atoms with Gasteiger partial charge in [0.2, 0.25) is 5.88 Å². The zero-order chi connectivity index (χ0) is 14.0. The van der Waals surface area contributed by atoms with Crippen LogP contribution in [0.25, 0.3) is 0 Å². The first-order valence-electron chi connectivity index (χ1n) is 6.24. The largest absolute Gasteiger partial charge is 0.471 e. The highest BCUT2D eigenvalue weighted by molar-refractivity contribution is 5.85. The van der Waals surface area contributed by atoms with E-state index in [1.165, 1.54) is 0 Å². The Labute approximate surface area is 112 Å². The Kier molecular flexibility index (Phi) is 3.50. The summed E-state index contributed by atoms with van der Waals surface area (Å²) < 4.78 is 10.7. The summed E-state index contributed by atoms with van der Waals surface area (Å²) >= 11 is 0. The number of amides is 1. The number of anilines is 2. The first kappa shape index (κ1) is 13.5. The molecule has 0 fully saturated rings. The van der Waals surface area contributed by atoms with E-state index in [1.54, 1.807) is 12.3 Å². The standard InChI is InChI=1S/C13H19N3O3/c1-8-6-14-10-5-9(7-15-11(10)18-8)16-12(17)19-13(2,3)4/h5,7-8,14H,6H2,1-4H3,(H,16,17). The average Bonchev–Trinajstić information content (AvgIpc) is 2.26. The lowest BCUT2D eigenvalue weighted by atomic mass is 10.2. The lowest BCUT2D eigenvalue weighted by Crippen LogP contribution is -2.29. The van der Waals surface area contributed by atoms with Crippen molar-refractivity contribution < 1.29 is 14.3 Å². The van der Waals surface area contributed by atoms with E-state index in [4.69, 9.17) is 9.47 Å². The monoisotopic (exact) mass is 265 g/mol. The summed E-state index contributed by atoms with van der Waals surface area (Å²) in [6.45, 7) is 8.12. The molecule has 0 aliphatic carbocycles. The van der Waals surface area contributed by atoms with Crippen LogP contribution in [-0.2, 0) is 4.74 Å². The molecule has 0 radical (unpaired) electrons. The van der Waals surface area contributed by atoms with Gasteiger partial charge in [0.25, 0.3) is 0 Å². The van der Waals surface area contributed by atoms with Crippen LogP contribution in [0.5, 0.6) is 5.88 Å². The minimum Gasteiger partial charge on any atom is -0.471 e. The van der Waals surface area contributed by atoms with Crippen LogP contribution in [-0.4, -0.2) is 29.3 Å². The van der Waals surface area contributed by atoms with E-state index in [2.05, 4.69) is 15.6 Å². The molecule has 1 atom stereocenters. The fourth-order valence-corrected chi connectivity index (χ4v) is 1.65. The predicted molar refractivity (Wildman–Crippen MR) is 72.7 cm³/mol. The molecular weight excluding hydrogens is 246 g/mol. The number of carbonyl (C=O) groups excluding carboxylic acids is 1. The van der Waals surface area contributed by atoms with Crippen LogP contribution in [0.15, 0.2) is 12.3 Å². The summed E-state index contributed by atoms with van der Waals surface area (Å²) in [5.74, 6) is 0.550. The molecule has 6 nitrogen and oxygen atoms in total. The molecule has 1 aromatic rings. The maximum Gasteiger partial charge on any atom is 0.412 e. The van der Waals surface area contributed by atoms with Crippen molar-refractivity contribution in [3.05, 3.63) is 12.3 Å².